The molecule has 0 unspecified atom stereocenters. The Hall–Kier alpha value is -3.73. The number of para-hydroxylation sites is 1. The maximum absolute atomic E-state index is 10.2. The van der Waals surface area contributed by atoms with Crippen LogP contribution in [0.2, 0.25) is 0 Å². The van der Waals surface area contributed by atoms with Crippen LogP contribution in [0.4, 0.5) is 0 Å². The average molecular weight is 517 g/mol. The van der Waals surface area contributed by atoms with Gasteiger partial charge in [0.15, 0.2) is 11.3 Å². The van der Waals surface area contributed by atoms with Crippen LogP contribution in [0.3, 0.4) is 0 Å². The number of fused-ring (bicyclic) bond motifs is 1. The van der Waals surface area contributed by atoms with Gasteiger partial charge in [0.2, 0.25) is 0 Å². The zero-order valence-corrected chi connectivity index (χ0v) is 21.2. The summed E-state index contributed by atoms with van der Waals surface area (Å²) in [5.74, 6) is 2.47. The molecule has 0 aliphatic heterocycles. The van der Waals surface area contributed by atoms with Crippen LogP contribution in [0.25, 0.3) is 22.5 Å². The van der Waals surface area contributed by atoms with Crippen LogP contribution in [0.15, 0.2) is 76.1 Å². The number of ether oxygens (including phenoxy) is 1. The minimum atomic E-state index is -0.627. The van der Waals surface area contributed by atoms with Crippen molar-refractivity contribution >= 4 is 22.8 Å². The first-order valence-electron chi connectivity index (χ1n) is 12.1. The highest BCUT2D eigenvalue weighted by Crippen LogP contribution is 2.24. The molecule has 0 saturated heterocycles. The van der Waals surface area contributed by atoms with E-state index in [1.165, 1.54) is 11.1 Å². The number of thioether (sulfide) groups is 1. The molecule has 0 saturated carbocycles. The number of aliphatic hydroxyl groups is 1. The number of hydrogen-bond acceptors (Lipinski definition) is 9. The molecule has 0 amide bonds. The van der Waals surface area contributed by atoms with Crippen LogP contribution < -0.4 is 10.1 Å². The lowest BCUT2D eigenvalue weighted by atomic mass is 10.1. The molecule has 9 nitrogen and oxygen atoms in total. The number of nitrogens with one attached hydrogen (secondary N) is 2. The van der Waals surface area contributed by atoms with Crippen LogP contribution in [0.1, 0.15) is 17.0 Å². The molecule has 5 rings (SSSR count). The molecule has 2 aromatic heterocycles. The van der Waals surface area contributed by atoms with Gasteiger partial charge in [-0.3, -0.25) is 0 Å². The zero-order chi connectivity index (χ0) is 25.5. The molecule has 37 heavy (non-hydrogen) atoms. The summed E-state index contributed by atoms with van der Waals surface area (Å²) < 4.78 is 11.1. The highest BCUT2D eigenvalue weighted by atomic mass is 32.2. The quantitative estimate of drug-likeness (QED) is 0.166. The third-order valence-electron chi connectivity index (χ3n) is 5.77. The summed E-state index contributed by atoms with van der Waals surface area (Å²) in [7, 11) is 0. The third kappa shape index (κ3) is 6.73. The summed E-state index contributed by atoms with van der Waals surface area (Å²) in [6.45, 7) is 3.43. The first-order chi connectivity index (χ1) is 18.1. The first-order valence-corrected chi connectivity index (χ1v) is 13.0. The topological polar surface area (TPSA) is 122 Å². The first kappa shape index (κ1) is 24.9. The zero-order valence-electron chi connectivity index (χ0n) is 20.4. The number of aromatic amines is 1. The Kier molecular flexibility index (Phi) is 8.09. The molecule has 3 aromatic carbocycles. The highest BCUT2D eigenvalue weighted by Gasteiger charge is 2.11. The van der Waals surface area contributed by atoms with Crippen LogP contribution in [-0.4, -0.2) is 56.5 Å². The summed E-state index contributed by atoms with van der Waals surface area (Å²) in [6, 6.07) is 22.0. The Bertz CT molecular complexity index is 1420. The molecule has 5 aromatic rings. The van der Waals surface area contributed by atoms with Gasteiger partial charge in [0, 0.05) is 17.0 Å². The smallest absolute Gasteiger partial charge is 0.257 e. The predicted octanol–water partition coefficient (Wildman–Crippen LogP) is 4.18. The van der Waals surface area contributed by atoms with Crippen molar-refractivity contribution in [1.82, 2.24) is 30.9 Å². The van der Waals surface area contributed by atoms with Gasteiger partial charge in [-0.1, -0.05) is 41.1 Å². The summed E-state index contributed by atoms with van der Waals surface area (Å²) >= 11 is 1.67. The Morgan fingerprint density at radius 2 is 1.89 bits per heavy atom. The van der Waals surface area contributed by atoms with Crippen molar-refractivity contribution in [2.45, 2.75) is 30.1 Å². The number of nitrogens with zero attached hydrogens (tertiary/aromatic N) is 4. The maximum Gasteiger partial charge on any atom is 0.257 e. The fourth-order valence-corrected chi connectivity index (χ4v) is 4.47. The fourth-order valence-electron chi connectivity index (χ4n) is 3.73. The van der Waals surface area contributed by atoms with E-state index < -0.39 is 6.10 Å². The largest absolute Gasteiger partial charge is 0.488 e. The van der Waals surface area contributed by atoms with Crippen molar-refractivity contribution in [3.8, 4) is 17.2 Å². The molecule has 10 heteroatoms. The van der Waals surface area contributed by atoms with Crippen molar-refractivity contribution in [2.75, 3.05) is 19.7 Å². The van der Waals surface area contributed by atoms with Gasteiger partial charge in [-0.15, -0.1) is 11.8 Å². The van der Waals surface area contributed by atoms with E-state index in [4.69, 9.17) is 9.26 Å². The maximum atomic E-state index is 10.2. The molecule has 2 heterocycles. The van der Waals surface area contributed by atoms with Gasteiger partial charge in [-0.25, -0.2) is 0 Å². The summed E-state index contributed by atoms with van der Waals surface area (Å²) in [5, 5.41) is 28.3. The number of rotatable bonds is 12. The second kappa shape index (κ2) is 12.0. The summed E-state index contributed by atoms with van der Waals surface area (Å²) in [6.07, 6.45) is 0.235. The van der Waals surface area contributed by atoms with Crippen LogP contribution in [-0.2, 0) is 12.2 Å². The monoisotopic (exact) mass is 516 g/mol. The Labute approximate surface area is 218 Å². The second-order valence-corrected chi connectivity index (χ2v) is 9.73. The van der Waals surface area contributed by atoms with E-state index in [1.807, 2.05) is 49.4 Å². The highest BCUT2D eigenvalue weighted by molar-refractivity contribution is 7.98. The van der Waals surface area contributed by atoms with E-state index in [0.29, 0.717) is 35.3 Å². The molecule has 0 aliphatic carbocycles. The Balaban J connectivity index is 1.00. The number of benzene rings is 3. The molecule has 190 valence electrons. The van der Waals surface area contributed by atoms with Gasteiger partial charge in [0.25, 0.3) is 5.89 Å². The van der Waals surface area contributed by atoms with E-state index in [9.17, 15) is 5.11 Å². The normalized spacial score (nSPS) is 12.2. The minimum absolute atomic E-state index is 0.178. The van der Waals surface area contributed by atoms with Gasteiger partial charge in [0.05, 0.1) is 5.75 Å². The lowest BCUT2D eigenvalue weighted by Crippen LogP contribution is -2.32. The van der Waals surface area contributed by atoms with E-state index in [0.717, 1.165) is 28.9 Å². The lowest BCUT2D eigenvalue weighted by molar-refractivity contribution is 0.107. The Morgan fingerprint density at radius 1 is 1.05 bits per heavy atom. The molecule has 0 spiro atoms. The van der Waals surface area contributed by atoms with E-state index >= 15 is 0 Å². The van der Waals surface area contributed by atoms with Crippen molar-refractivity contribution in [3.63, 3.8) is 0 Å². The SMILES string of the molecule is Cc1ccc(-c2nc(CSc3ccc(CCNC[C@H](O)COc4cccc5n[nH]nc45)cc3)no2)cc1. The molecule has 0 radical (unpaired) electrons. The van der Waals surface area contributed by atoms with Crippen LogP contribution >= 0.6 is 11.8 Å². The molecule has 0 fully saturated rings. The number of aryl methyl sites for hydroxylation is 1. The van der Waals surface area contributed by atoms with Crippen molar-refractivity contribution in [1.29, 1.82) is 0 Å². The third-order valence-corrected chi connectivity index (χ3v) is 6.78. The van der Waals surface area contributed by atoms with Gasteiger partial charge in [-0.05, 0) is 61.9 Å². The number of aliphatic hydroxyl groups excluding tert-OH is 1. The predicted molar refractivity (Wildman–Crippen MR) is 142 cm³/mol. The second-order valence-electron chi connectivity index (χ2n) is 8.68. The average Bonchev–Trinajstić information content (AvgIpc) is 3.60. The van der Waals surface area contributed by atoms with E-state index in [2.05, 4.69) is 55.1 Å². The van der Waals surface area contributed by atoms with Crippen molar-refractivity contribution < 1.29 is 14.4 Å². The van der Waals surface area contributed by atoms with Crippen LogP contribution in [0, 0.1) is 6.92 Å². The number of aromatic nitrogens is 5. The number of H-pyrrole nitrogens is 1. The van der Waals surface area contributed by atoms with Gasteiger partial charge in [-0.2, -0.15) is 20.4 Å². The lowest BCUT2D eigenvalue weighted by Gasteiger charge is -2.13. The Morgan fingerprint density at radius 3 is 2.73 bits per heavy atom. The molecule has 0 aliphatic rings. The number of hydrogen-bond donors (Lipinski definition) is 3. The molecule has 1 atom stereocenters. The van der Waals surface area contributed by atoms with Crippen LogP contribution in [0.5, 0.6) is 5.75 Å². The van der Waals surface area contributed by atoms with E-state index in [-0.39, 0.29) is 6.61 Å². The minimum Gasteiger partial charge on any atom is -0.488 e. The van der Waals surface area contributed by atoms with Crippen molar-refractivity contribution in [2.24, 2.45) is 0 Å². The molecule has 0 bridgehead atoms. The standard InChI is InChI=1S/C27H28N6O3S/c1-18-5-9-20(10-6-18)27-29-25(32-36-27)17-37-22-11-7-19(8-12-22)13-14-28-15-21(34)16-35-24-4-2-3-23-26(24)31-33-30-23/h2-12,21,28,34H,13-17H2,1H3,(H,30,31,33)/t21-/m0/s1. The fraction of sp³-hybridized carbons (Fsp3) is 0.259. The molecular weight excluding hydrogens is 488 g/mol. The molecule has 3 N–H and O–H groups in total. The molecular formula is C27H28N6O3S. The van der Waals surface area contributed by atoms with E-state index in [1.54, 1.807) is 11.8 Å². The van der Waals surface area contributed by atoms with Gasteiger partial charge in [0.1, 0.15) is 24.0 Å². The van der Waals surface area contributed by atoms with Gasteiger partial charge < -0.3 is 19.7 Å². The summed E-state index contributed by atoms with van der Waals surface area (Å²) in [5.41, 5.74) is 4.74. The summed E-state index contributed by atoms with van der Waals surface area (Å²) in [4.78, 5) is 5.65. The van der Waals surface area contributed by atoms with Crippen molar-refractivity contribution in [3.05, 3.63) is 83.7 Å². The van der Waals surface area contributed by atoms with Gasteiger partial charge >= 0.3 is 0 Å².